The van der Waals surface area contributed by atoms with Crippen molar-refractivity contribution in [1.82, 2.24) is 0 Å². The van der Waals surface area contributed by atoms with Crippen LogP contribution >= 0.6 is 0 Å². The van der Waals surface area contributed by atoms with Crippen molar-refractivity contribution in [2.24, 2.45) is 5.41 Å². The minimum atomic E-state index is -0.633. The number of esters is 1. The van der Waals surface area contributed by atoms with Gasteiger partial charge in [0.1, 0.15) is 0 Å². The number of allylic oxidation sites excluding steroid dienone is 1. The van der Waals surface area contributed by atoms with Gasteiger partial charge in [0, 0.05) is 6.42 Å². The van der Waals surface area contributed by atoms with Gasteiger partial charge in [-0.15, -0.1) is 0 Å². The average Bonchev–Trinajstić information content (AvgIpc) is 2.73. The molecule has 2 aliphatic rings. The van der Waals surface area contributed by atoms with Gasteiger partial charge in [-0.2, -0.15) is 0 Å². The first-order valence-electron chi connectivity index (χ1n) is 6.09. The summed E-state index contributed by atoms with van der Waals surface area (Å²) in [5.41, 5.74) is 2.37. The fraction of sp³-hybridized carbons (Fsp3) is 0.333. The molecule has 0 radical (unpaired) electrons. The summed E-state index contributed by atoms with van der Waals surface area (Å²) in [5.74, 6) is -0.126. The number of carbonyl (C=O) groups is 2. The highest BCUT2D eigenvalue weighted by Crippen LogP contribution is 2.52. The Balaban J connectivity index is 2.20. The lowest BCUT2D eigenvalue weighted by Crippen LogP contribution is -2.35. The molecule has 18 heavy (non-hydrogen) atoms. The van der Waals surface area contributed by atoms with Gasteiger partial charge in [-0.1, -0.05) is 24.3 Å². The lowest BCUT2D eigenvalue weighted by molar-refractivity contribution is -0.149. The lowest BCUT2D eigenvalue weighted by Gasteiger charge is -2.30. The maximum absolute atomic E-state index is 12.2. The first kappa shape index (κ1) is 11.2. The van der Waals surface area contributed by atoms with E-state index in [0.717, 1.165) is 16.7 Å². The zero-order valence-electron chi connectivity index (χ0n) is 10.2. The van der Waals surface area contributed by atoms with Gasteiger partial charge in [0.15, 0.2) is 5.78 Å². The number of ether oxygens (including phenoxy) is 1. The number of methoxy groups -OCH3 is 1. The van der Waals surface area contributed by atoms with Crippen LogP contribution in [0.2, 0.25) is 0 Å². The van der Waals surface area contributed by atoms with Gasteiger partial charge in [-0.3, -0.25) is 9.59 Å². The predicted octanol–water partition coefficient (Wildman–Crippen LogP) is 2.15. The van der Waals surface area contributed by atoms with Crippen molar-refractivity contribution >= 4 is 17.3 Å². The Morgan fingerprint density at radius 3 is 2.89 bits per heavy atom. The van der Waals surface area contributed by atoms with Crippen LogP contribution in [0.5, 0.6) is 0 Å². The number of ketones is 1. The molecule has 0 aliphatic heterocycles. The van der Waals surface area contributed by atoms with Crippen molar-refractivity contribution in [2.45, 2.75) is 19.3 Å². The van der Waals surface area contributed by atoms with Gasteiger partial charge in [-0.05, 0) is 35.6 Å². The van der Waals surface area contributed by atoms with Crippen molar-refractivity contribution in [1.29, 1.82) is 0 Å². The summed E-state index contributed by atoms with van der Waals surface area (Å²) in [6.45, 7) is 0. The second-order valence-electron chi connectivity index (χ2n) is 4.93. The highest BCUT2D eigenvalue weighted by molar-refractivity contribution is 6.07. The van der Waals surface area contributed by atoms with Gasteiger partial charge in [0.2, 0.25) is 0 Å². The lowest BCUT2D eigenvalue weighted by atomic mass is 9.72. The summed E-state index contributed by atoms with van der Waals surface area (Å²) in [6.07, 6.45) is 3.26. The van der Waals surface area contributed by atoms with E-state index in [-0.39, 0.29) is 11.8 Å². The van der Waals surface area contributed by atoms with E-state index in [2.05, 4.69) is 0 Å². The van der Waals surface area contributed by atoms with Crippen LogP contribution in [-0.4, -0.2) is 18.9 Å². The van der Waals surface area contributed by atoms with E-state index >= 15 is 0 Å². The Bertz CT molecular complexity index is 571. The van der Waals surface area contributed by atoms with Crippen molar-refractivity contribution in [3.05, 3.63) is 41.5 Å². The minimum absolute atomic E-state index is 0.0984. The maximum atomic E-state index is 12.2. The molecule has 2 aliphatic carbocycles. The third kappa shape index (κ3) is 1.37. The van der Waals surface area contributed by atoms with E-state index in [9.17, 15) is 9.59 Å². The summed E-state index contributed by atoms with van der Waals surface area (Å²) in [4.78, 5) is 23.8. The highest BCUT2D eigenvalue weighted by Gasteiger charge is 2.50. The third-order valence-corrected chi connectivity index (χ3v) is 3.99. The van der Waals surface area contributed by atoms with Gasteiger partial charge in [0.25, 0.3) is 0 Å². The molecule has 1 aromatic rings. The Morgan fingerprint density at radius 2 is 2.11 bits per heavy atom. The summed E-state index contributed by atoms with van der Waals surface area (Å²) in [7, 11) is 1.41. The number of fused-ring (bicyclic) bond motifs is 3. The third-order valence-electron chi connectivity index (χ3n) is 3.99. The van der Waals surface area contributed by atoms with Gasteiger partial charge in [0.05, 0.1) is 12.5 Å². The fourth-order valence-electron chi connectivity index (χ4n) is 3.10. The van der Waals surface area contributed by atoms with Crippen molar-refractivity contribution in [3.63, 3.8) is 0 Å². The molecule has 3 heteroatoms. The molecular formula is C15H14O3. The SMILES string of the molecule is COC(=O)C12CCC(=O)C=C1c1ccccc1C2. The molecule has 0 spiro atoms. The monoisotopic (exact) mass is 242 g/mol. The van der Waals surface area contributed by atoms with Crippen LogP contribution in [-0.2, 0) is 20.7 Å². The molecule has 0 fully saturated rings. The van der Waals surface area contributed by atoms with E-state index in [1.807, 2.05) is 24.3 Å². The van der Waals surface area contributed by atoms with Crippen LogP contribution in [0.15, 0.2) is 30.3 Å². The second kappa shape index (κ2) is 3.80. The molecule has 0 aromatic heterocycles. The van der Waals surface area contributed by atoms with Crippen LogP contribution in [0, 0.1) is 5.41 Å². The number of carbonyl (C=O) groups excluding carboxylic acids is 2. The summed E-state index contributed by atoms with van der Waals surface area (Å²) in [5, 5.41) is 0. The number of hydrogen-bond acceptors (Lipinski definition) is 3. The van der Waals surface area contributed by atoms with E-state index in [1.165, 1.54) is 7.11 Å². The van der Waals surface area contributed by atoms with Crippen LogP contribution in [0.25, 0.3) is 5.57 Å². The van der Waals surface area contributed by atoms with Crippen molar-refractivity contribution < 1.29 is 14.3 Å². The molecule has 1 unspecified atom stereocenters. The van der Waals surface area contributed by atoms with E-state index in [1.54, 1.807) is 6.08 Å². The van der Waals surface area contributed by atoms with E-state index < -0.39 is 5.41 Å². The van der Waals surface area contributed by atoms with Crippen LogP contribution < -0.4 is 0 Å². The molecule has 0 saturated carbocycles. The summed E-state index contributed by atoms with van der Waals surface area (Å²) < 4.78 is 4.97. The first-order valence-corrected chi connectivity index (χ1v) is 6.09. The van der Waals surface area contributed by atoms with Crippen LogP contribution in [0.1, 0.15) is 24.0 Å². The Morgan fingerprint density at radius 1 is 1.33 bits per heavy atom. The highest BCUT2D eigenvalue weighted by atomic mass is 16.5. The first-order chi connectivity index (χ1) is 8.67. The maximum Gasteiger partial charge on any atom is 0.316 e. The predicted molar refractivity (Wildman–Crippen MR) is 66.8 cm³/mol. The minimum Gasteiger partial charge on any atom is -0.468 e. The van der Waals surface area contributed by atoms with E-state index in [0.29, 0.717) is 19.3 Å². The number of benzene rings is 1. The molecule has 1 atom stereocenters. The number of hydrogen-bond donors (Lipinski definition) is 0. The van der Waals surface area contributed by atoms with Crippen LogP contribution in [0.4, 0.5) is 0 Å². The second-order valence-corrected chi connectivity index (χ2v) is 4.93. The standard InChI is InChI=1S/C15H14O3/c1-18-14(17)15-7-6-11(16)8-13(15)12-5-3-2-4-10(12)9-15/h2-5,8H,6-7,9H2,1H3. The molecular weight excluding hydrogens is 228 g/mol. The molecule has 3 rings (SSSR count). The zero-order valence-corrected chi connectivity index (χ0v) is 10.2. The summed E-state index contributed by atoms with van der Waals surface area (Å²) in [6, 6.07) is 7.89. The number of rotatable bonds is 1. The Kier molecular flexibility index (Phi) is 2.37. The average molecular weight is 242 g/mol. The summed E-state index contributed by atoms with van der Waals surface area (Å²) >= 11 is 0. The van der Waals surface area contributed by atoms with E-state index in [4.69, 9.17) is 4.74 Å². The topological polar surface area (TPSA) is 43.4 Å². The van der Waals surface area contributed by atoms with Gasteiger partial charge >= 0.3 is 5.97 Å². The Hall–Kier alpha value is -1.90. The van der Waals surface area contributed by atoms with Gasteiger partial charge in [-0.25, -0.2) is 0 Å². The Labute approximate surface area is 105 Å². The van der Waals surface area contributed by atoms with Crippen molar-refractivity contribution in [2.75, 3.05) is 7.11 Å². The molecule has 0 saturated heterocycles. The zero-order chi connectivity index (χ0) is 12.8. The van der Waals surface area contributed by atoms with Gasteiger partial charge < -0.3 is 4.74 Å². The molecule has 0 bridgehead atoms. The fourth-order valence-corrected chi connectivity index (χ4v) is 3.10. The largest absolute Gasteiger partial charge is 0.468 e. The molecule has 0 N–H and O–H groups in total. The van der Waals surface area contributed by atoms with Crippen LogP contribution in [0.3, 0.4) is 0 Å². The molecule has 3 nitrogen and oxygen atoms in total. The normalized spacial score (nSPS) is 25.2. The quantitative estimate of drug-likeness (QED) is 0.709. The smallest absolute Gasteiger partial charge is 0.316 e. The molecule has 92 valence electrons. The molecule has 1 aromatic carbocycles. The van der Waals surface area contributed by atoms with Crippen molar-refractivity contribution in [3.8, 4) is 0 Å². The molecule has 0 heterocycles. The molecule has 0 amide bonds.